The monoisotopic (exact) mass is 336 g/mol. The van der Waals surface area contributed by atoms with Gasteiger partial charge in [-0.25, -0.2) is 0 Å². The van der Waals surface area contributed by atoms with E-state index >= 15 is 0 Å². The summed E-state index contributed by atoms with van der Waals surface area (Å²) in [6, 6.07) is 20.3. The van der Waals surface area contributed by atoms with Crippen molar-refractivity contribution < 1.29 is 4.68 Å². The predicted molar refractivity (Wildman–Crippen MR) is 95.1 cm³/mol. The van der Waals surface area contributed by atoms with E-state index in [0.29, 0.717) is 0 Å². The maximum absolute atomic E-state index is 4.48. The summed E-state index contributed by atoms with van der Waals surface area (Å²) in [5.41, 5.74) is 3.36. The van der Waals surface area contributed by atoms with E-state index in [1.165, 1.54) is 5.70 Å². The molecule has 0 saturated carbocycles. The molecule has 120 valence electrons. The molecule has 0 spiro atoms. The van der Waals surface area contributed by atoms with Gasteiger partial charge in [-0.3, -0.25) is 0 Å². The zero-order chi connectivity index (χ0) is 16.5. The van der Waals surface area contributed by atoms with Crippen LogP contribution in [0.25, 0.3) is 17.1 Å². The molecule has 1 aliphatic heterocycles. The van der Waals surface area contributed by atoms with Gasteiger partial charge in [0.25, 0.3) is 0 Å². The topological polar surface area (TPSA) is 37.8 Å². The van der Waals surface area contributed by atoms with Crippen LogP contribution in [-0.2, 0) is 0 Å². The average molecular weight is 336 g/mol. The van der Waals surface area contributed by atoms with Gasteiger partial charge in [-0.1, -0.05) is 48.2 Å². The van der Waals surface area contributed by atoms with E-state index in [4.69, 9.17) is 0 Å². The summed E-state index contributed by atoms with van der Waals surface area (Å²) in [5.74, 6) is 0.854. The van der Waals surface area contributed by atoms with Crippen LogP contribution in [0.4, 0.5) is 0 Å². The molecule has 5 nitrogen and oxygen atoms in total. The Kier molecular flexibility index (Phi) is 3.82. The van der Waals surface area contributed by atoms with Crippen LogP contribution in [0, 0.1) is 0 Å². The molecule has 0 bridgehead atoms. The summed E-state index contributed by atoms with van der Waals surface area (Å²) in [5, 5.41) is 11.1. The Morgan fingerprint density at radius 1 is 1.00 bits per heavy atom. The molecular weight excluding hydrogens is 318 g/mol. The van der Waals surface area contributed by atoms with Crippen molar-refractivity contribution in [2.75, 3.05) is 7.05 Å². The largest absolute Gasteiger partial charge is 0.335 e. The fraction of sp³-hybridized carbons (Fsp3) is 0.167. The van der Waals surface area contributed by atoms with E-state index in [1.807, 2.05) is 53.3 Å². The number of hydrogen-bond donors (Lipinski definition) is 0. The fourth-order valence-electron chi connectivity index (χ4n) is 2.71. The lowest BCUT2D eigenvalue weighted by molar-refractivity contribution is -0.778. The zero-order valence-electron chi connectivity index (χ0n) is 13.6. The van der Waals surface area contributed by atoms with Crippen LogP contribution in [0.1, 0.15) is 12.4 Å². The van der Waals surface area contributed by atoms with Crippen molar-refractivity contribution in [2.24, 2.45) is 0 Å². The number of para-hydroxylation sites is 1. The molecule has 0 fully saturated rings. The highest BCUT2D eigenvalue weighted by atomic mass is 32.2. The summed E-state index contributed by atoms with van der Waals surface area (Å²) in [4.78, 5) is 4.11. The molecule has 0 N–H and O–H groups in total. The van der Waals surface area contributed by atoms with Crippen LogP contribution < -0.4 is 4.68 Å². The first kappa shape index (κ1) is 15.0. The second-order valence-corrected chi connectivity index (χ2v) is 6.61. The first-order chi connectivity index (χ1) is 11.8. The third-order valence-electron chi connectivity index (χ3n) is 4.12. The molecule has 0 aliphatic carbocycles. The minimum atomic E-state index is 0.0791. The first-order valence-electron chi connectivity index (χ1n) is 7.79. The molecule has 24 heavy (non-hydrogen) atoms. The molecule has 6 heteroatoms. The van der Waals surface area contributed by atoms with E-state index < -0.39 is 0 Å². The molecule has 1 atom stereocenters. The van der Waals surface area contributed by atoms with Crippen LogP contribution in [0.15, 0.2) is 71.8 Å². The summed E-state index contributed by atoms with van der Waals surface area (Å²) < 4.78 is 2.14. The van der Waals surface area contributed by atoms with Crippen molar-refractivity contribution in [1.82, 2.24) is 20.0 Å². The van der Waals surface area contributed by atoms with E-state index in [1.54, 1.807) is 11.8 Å². The normalized spacial score (nSPS) is 17.2. The van der Waals surface area contributed by atoms with Crippen molar-refractivity contribution in [3.63, 3.8) is 0 Å². The van der Waals surface area contributed by atoms with E-state index in [0.717, 1.165) is 17.1 Å². The van der Waals surface area contributed by atoms with Gasteiger partial charge in [-0.05, 0) is 41.4 Å². The summed E-state index contributed by atoms with van der Waals surface area (Å²) in [7, 11) is 2.10. The Labute approximate surface area is 145 Å². The van der Waals surface area contributed by atoms with Crippen LogP contribution in [0.5, 0.6) is 0 Å². The standard InChI is InChI=1S/C18H18N5S/c1-14-13-24-18(21(14)2)22-17(15-9-5-3-6-10-15)19-20-23(22)16-11-7-4-8-12-16/h3-13,18H,1-2H3/q+1. The van der Waals surface area contributed by atoms with Gasteiger partial charge in [0, 0.05) is 12.7 Å². The van der Waals surface area contributed by atoms with Gasteiger partial charge in [0.05, 0.1) is 5.56 Å². The first-order valence-corrected chi connectivity index (χ1v) is 8.73. The molecule has 1 aromatic heterocycles. The molecule has 3 aromatic rings. The highest BCUT2D eigenvalue weighted by Gasteiger charge is 2.35. The SMILES string of the molecule is CC1=CSC([n+]2c(-c3ccccc3)nnn2-c2ccccc2)N1C. The Bertz CT molecular complexity index is 816. The van der Waals surface area contributed by atoms with Gasteiger partial charge in [0.1, 0.15) is 10.8 Å². The Balaban J connectivity index is 1.89. The predicted octanol–water partition coefficient (Wildman–Crippen LogP) is 3.22. The number of allylic oxidation sites excluding steroid dienone is 1. The van der Waals surface area contributed by atoms with Crippen molar-refractivity contribution in [1.29, 1.82) is 0 Å². The van der Waals surface area contributed by atoms with Crippen LogP contribution in [0.2, 0.25) is 0 Å². The average Bonchev–Trinajstić information content (AvgIpc) is 3.21. The highest BCUT2D eigenvalue weighted by molar-refractivity contribution is 8.02. The Morgan fingerprint density at radius 3 is 2.29 bits per heavy atom. The molecule has 2 aromatic carbocycles. The minimum Gasteiger partial charge on any atom is -0.335 e. The van der Waals surface area contributed by atoms with Crippen molar-refractivity contribution in [3.05, 3.63) is 71.8 Å². The van der Waals surface area contributed by atoms with Crippen molar-refractivity contribution >= 4 is 11.8 Å². The number of nitrogens with zero attached hydrogens (tertiary/aromatic N) is 5. The van der Waals surface area contributed by atoms with Gasteiger partial charge < -0.3 is 4.90 Å². The van der Waals surface area contributed by atoms with E-state index in [2.05, 4.69) is 51.4 Å². The van der Waals surface area contributed by atoms with Crippen LogP contribution >= 0.6 is 11.8 Å². The van der Waals surface area contributed by atoms with Crippen molar-refractivity contribution in [3.8, 4) is 17.1 Å². The number of aromatic nitrogens is 4. The summed E-state index contributed by atoms with van der Waals surface area (Å²) in [6.45, 7) is 2.12. The van der Waals surface area contributed by atoms with Crippen molar-refractivity contribution in [2.45, 2.75) is 12.4 Å². The molecule has 1 unspecified atom stereocenters. The maximum Gasteiger partial charge on any atom is 0.335 e. The van der Waals surface area contributed by atoms with E-state index in [9.17, 15) is 0 Å². The fourth-order valence-corrected chi connectivity index (χ4v) is 3.84. The molecule has 2 heterocycles. The highest BCUT2D eigenvalue weighted by Crippen LogP contribution is 2.34. The number of tetrazole rings is 1. The third kappa shape index (κ3) is 2.49. The summed E-state index contributed by atoms with van der Waals surface area (Å²) in [6.07, 6.45) is 0. The Hall–Kier alpha value is -2.60. The molecule has 0 saturated heterocycles. The van der Waals surface area contributed by atoms with Gasteiger partial charge in [-0.2, -0.15) is 0 Å². The molecule has 0 amide bonds. The smallest absolute Gasteiger partial charge is 0.335 e. The number of rotatable bonds is 3. The maximum atomic E-state index is 4.48. The summed E-state index contributed by atoms with van der Waals surface area (Å²) >= 11 is 1.76. The van der Waals surface area contributed by atoms with Gasteiger partial charge in [-0.15, -0.1) is 4.68 Å². The van der Waals surface area contributed by atoms with E-state index in [-0.39, 0.29) is 5.50 Å². The lowest BCUT2D eigenvalue weighted by Gasteiger charge is -2.22. The van der Waals surface area contributed by atoms with Gasteiger partial charge >= 0.3 is 5.82 Å². The second kappa shape index (κ2) is 6.13. The molecule has 4 rings (SSSR count). The lowest BCUT2D eigenvalue weighted by atomic mass is 10.2. The Morgan fingerprint density at radius 2 is 1.67 bits per heavy atom. The number of hydrogen-bond acceptors (Lipinski definition) is 4. The molecule has 1 aliphatic rings. The van der Waals surface area contributed by atoms with Crippen LogP contribution in [0.3, 0.4) is 0 Å². The minimum absolute atomic E-state index is 0.0791. The van der Waals surface area contributed by atoms with Gasteiger partial charge in [0.2, 0.25) is 5.50 Å². The zero-order valence-corrected chi connectivity index (χ0v) is 14.4. The quantitative estimate of drug-likeness (QED) is 0.688. The van der Waals surface area contributed by atoms with Gasteiger partial charge in [0.15, 0.2) is 5.21 Å². The second-order valence-electron chi connectivity index (χ2n) is 5.68. The third-order valence-corrected chi connectivity index (χ3v) is 5.36. The van der Waals surface area contributed by atoms with Crippen LogP contribution in [-0.4, -0.2) is 27.1 Å². The lowest BCUT2D eigenvalue weighted by Crippen LogP contribution is -2.51. The number of benzene rings is 2. The number of thioether (sulfide) groups is 1. The molecular formula is C18H18N5S+. The molecule has 0 radical (unpaired) electrons.